The third kappa shape index (κ3) is 1.72. The Morgan fingerprint density at radius 3 is 3.00 bits per heavy atom. The third-order valence-corrected chi connectivity index (χ3v) is 1.60. The zero-order valence-corrected chi connectivity index (χ0v) is 7.55. The van der Waals surface area contributed by atoms with Gasteiger partial charge >= 0.3 is 0 Å². The maximum atomic E-state index is 5.20. The molecule has 1 heterocycles. The quantitative estimate of drug-likeness (QED) is 0.662. The molecule has 0 aliphatic carbocycles. The third-order valence-electron chi connectivity index (χ3n) is 1.17. The van der Waals surface area contributed by atoms with Crippen LogP contribution >= 0.6 is 15.9 Å². The van der Waals surface area contributed by atoms with E-state index in [1.54, 1.807) is 12.3 Å². The SMILES string of the molecule is C#Cc1cc(Br)cnc1OC. The normalized spacial score (nSPS) is 8.82. The van der Waals surface area contributed by atoms with Crippen LogP contribution in [0.5, 0.6) is 5.88 Å². The highest BCUT2D eigenvalue weighted by atomic mass is 79.9. The number of rotatable bonds is 1. The second-order valence-electron chi connectivity index (χ2n) is 1.85. The molecule has 0 spiro atoms. The number of methoxy groups -OCH3 is 1. The monoisotopic (exact) mass is 211 g/mol. The van der Waals surface area contributed by atoms with E-state index < -0.39 is 0 Å². The summed E-state index contributed by atoms with van der Waals surface area (Å²) in [6, 6.07) is 1.78. The fraction of sp³-hybridized carbons (Fsp3) is 0.125. The topological polar surface area (TPSA) is 22.1 Å². The Balaban J connectivity index is 3.19. The average molecular weight is 212 g/mol. The van der Waals surface area contributed by atoms with Crippen LogP contribution in [0.25, 0.3) is 0 Å². The first-order chi connectivity index (χ1) is 5.27. The van der Waals surface area contributed by atoms with E-state index in [1.165, 1.54) is 7.11 Å². The van der Waals surface area contributed by atoms with Crippen molar-refractivity contribution in [2.75, 3.05) is 7.11 Å². The summed E-state index contributed by atoms with van der Waals surface area (Å²) in [6.07, 6.45) is 6.84. The number of hydrogen-bond acceptors (Lipinski definition) is 2. The van der Waals surface area contributed by atoms with Crippen molar-refractivity contribution in [2.45, 2.75) is 0 Å². The lowest BCUT2D eigenvalue weighted by Gasteiger charge is -2.00. The van der Waals surface area contributed by atoms with Crippen molar-refractivity contribution >= 4 is 15.9 Å². The van der Waals surface area contributed by atoms with E-state index in [-0.39, 0.29) is 0 Å². The van der Waals surface area contributed by atoms with Gasteiger partial charge in [-0.1, -0.05) is 5.92 Å². The summed E-state index contributed by atoms with van der Waals surface area (Å²) < 4.78 is 5.77. The van der Waals surface area contributed by atoms with E-state index in [4.69, 9.17) is 11.2 Å². The Labute approximate surface area is 73.7 Å². The van der Waals surface area contributed by atoms with Gasteiger partial charge in [-0.15, -0.1) is 6.42 Å². The van der Waals surface area contributed by atoms with Crippen LogP contribution in [0.4, 0.5) is 0 Å². The molecule has 1 rings (SSSR count). The predicted octanol–water partition coefficient (Wildman–Crippen LogP) is 1.83. The van der Waals surface area contributed by atoms with Crippen LogP contribution in [0.15, 0.2) is 16.7 Å². The highest BCUT2D eigenvalue weighted by Gasteiger charge is 2.00. The van der Waals surface area contributed by atoms with Crippen LogP contribution in [0.2, 0.25) is 0 Å². The van der Waals surface area contributed by atoms with E-state index in [0.717, 1.165) is 4.47 Å². The van der Waals surface area contributed by atoms with Crippen molar-refractivity contribution in [1.29, 1.82) is 0 Å². The second-order valence-corrected chi connectivity index (χ2v) is 2.77. The summed E-state index contributed by atoms with van der Waals surface area (Å²) in [5, 5.41) is 0. The Kier molecular flexibility index (Phi) is 2.50. The second kappa shape index (κ2) is 3.40. The molecule has 0 aromatic carbocycles. The molecule has 0 fully saturated rings. The summed E-state index contributed by atoms with van der Waals surface area (Å²) in [5.74, 6) is 2.95. The number of nitrogens with zero attached hydrogens (tertiary/aromatic N) is 1. The van der Waals surface area contributed by atoms with Gasteiger partial charge in [-0.2, -0.15) is 0 Å². The molecule has 2 nitrogen and oxygen atoms in total. The molecule has 0 aliphatic rings. The number of ether oxygens (including phenoxy) is 1. The lowest BCUT2D eigenvalue weighted by Crippen LogP contribution is -1.90. The van der Waals surface area contributed by atoms with Crippen LogP contribution in [0.1, 0.15) is 5.56 Å². The van der Waals surface area contributed by atoms with E-state index in [0.29, 0.717) is 11.4 Å². The van der Waals surface area contributed by atoms with Crippen LogP contribution in [0.3, 0.4) is 0 Å². The molecule has 0 saturated heterocycles. The fourth-order valence-electron chi connectivity index (χ4n) is 0.693. The summed E-state index contributed by atoms with van der Waals surface area (Å²) in [6.45, 7) is 0. The molecule has 0 bridgehead atoms. The van der Waals surface area contributed by atoms with Crippen molar-refractivity contribution in [1.82, 2.24) is 4.98 Å². The van der Waals surface area contributed by atoms with Gasteiger partial charge in [0.15, 0.2) is 0 Å². The van der Waals surface area contributed by atoms with Crippen molar-refractivity contribution in [3.8, 4) is 18.2 Å². The molecule has 0 N–H and O–H groups in total. The van der Waals surface area contributed by atoms with Crippen molar-refractivity contribution in [3.63, 3.8) is 0 Å². The van der Waals surface area contributed by atoms with Crippen molar-refractivity contribution < 1.29 is 4.74 Å². The minimum absolute atomic E-state index is 0.482. The van der Waals surface area contributed by atoms with Crippen LogP contribution < -0.4 is 4.74 Å². The van der Waals surface area contributed by atoms with Gasteiger partial charge in [-0.05, 0) is 22.0 Å². The first-order valence-corrected chi connectivity index (χ1v) is 3.73. The van der Waals surface area contributed by atoms with Gasteiger partial charge in [0.25, 0.3) is 0 Å². The molecule has 0 unspecified atom stereocenters. The summed E-state index contributed by atoms with van der Waals surface area (Å²) >= 11 is 3.25. The molecule has 0 atom stereocenters. The first kappa shape index (κ1) is 8.09. The molecule has 1 aromatic heterocycles. The predicted molar refractivity (Wildman–Crippen MR) is 46.4 cm³/mol. The number of terminal acetylenes is 1. The van der Waals surface area contributed by atoms with Crippen LogP contribution in [-0.4, -0.2) is 12.1 Å². The minimum Gasteiger partial charge on any atom is -0.480 e. The summed E-state index contributed by atoms with van der Waals surface area (Å²) in [5.41, 5.74) is 0.655. The van der Waals surface area contributed by atoms with E-state index in [1.807, 2.05) is 0 Å². The maximum absolute atomic E-state index is 5.20. The Bertz CT molecular complexity index is 303. The van der Waals surface area contributed by atoms with Gasteiger partial charge < -0.3 is 4.74 Å². The molecule has 1 aromatic rings. The largest absolute Gasteiger partial charge is 0.480 e. The average Bonchev–Trinajstić information content (AvgIpc) is 2.04. The standard InChI is InChI=1S/C8H6BrNO/c1-3-6-4-7(9)5-10-8(6)11-2/h1,4-5H,2H3. The maximum Gasteiger partial charge on any atom is 0.229 e. The smallest absolute Gasteiger partial charge is 0.229 e. The highest BCUT2D eigenvalue weighted by molar-refractivity contribution is 9.10. The van der Waals surface area contributed by atoms with Crippen molar-refractivity contribution in [3.05, 3.63) is 22.3 Å². The van der Waals surface area contributed by atoms with Gasteiger partial charge in [-0.3, -0.25) is 0 Å². The molecule has 11 heavy (non-hydrogen) atoms. The zero-order valence-electron chi connectivity index (χ0n) is 5.97. The zero-order chi connectivity index (χ0) is 8.27. The Morgan fingerprint density at radius 2 is 2.45 bits per heavy atom. The van der Waals surface area contributed by atoms with E-state index in [2.05, 4.69) is 26.8 Å². The molecular formula is C8H6BrNO. The number of halogens is 1. The molecule has 56 valence electrons. The number of hydrogen-bond donors (Lipinski definition) is 0. The fourth-order valence-corrected chi connectivity index (χ4v) is 1.02. The molecule has 0 amide bonds. The lowest BCUT2D eigenvalue weighted by molar-refractivity contribution is 0.396. The molecule has 0 radical (unpaired) electrons. The molecule has 0 aliphatic heterocycles. The van der Waals surface area contributed by atoms with Gasteiger partial charge in [0.2, 0.25) is 5.88 Å². The minimum atomic E-state index is 0.482. The lowest BCUT2D eigenvalue weighted by atomic mass is 10.3. The summed E-state index contributed by atoms with van der Waals surface area (Å²) in [7, 11) is 1.54. The Morgan fingerprint density at radius 1 is 1.73 bits per heavy atom. The number of aromatic nitrogens is 1. The number of pyridine rings is 1. The van der Waals surface area contributed by atoms with Crippen molar-refractivity contribution in [2.24, 2.45) is 0 Å². The first-order valence-electron chi connectivity index (χ1n) is 2.94. The molecule has 3 heteroatoms. The van der Waals surface area contributed by atoms with Gasteiger partial charge in [0.05, 0.1) is 12.7 Å². The Hall–Kier alpha value is -1.01. The van der Waals surface area contributed by atoms with Gasteiger partial charge in [-0.25, -0.2) is 4.98 Å². The van der Waals surface area contributed by atoms with E-state index >= 15 is 0 Å². The van der Waals surface area contributed by atoms with Gasteiger partial charge in [0.1, 0.15) is 0 Å². The van der Waals surface area contributed by atoms with Crippen LogP contribution in [-0.2, 0) is 0 Å². The highest BCUT2D eigenvalue weighted by Crippen LogP contribution is 2.17. The molecule has 0 saturated carbocycles. The molecular weight excluding hydrogens is 206 g/mol. The summed E-state index contributed by atoms with van der Waals surface area (Å²) in [4.78, 5) is 3.96. The van der Waals surface area contributed by atoms with Gasteiger partial charge in [0, 0.05) is 10.7 Å². The van der Waals surface area contributed by atoms with Crippen LogP contribution in [0, 0.1) is 12.3 Å². The van der Waals surface area contributed by atoms with E-state index in [9.17, 15) is 0 Å².